The number of hydrogen-bond acceptors (Lipinski definition) is 7. The molecule has 36 heavy (non-hydrogen) atoms. The molecule has 0 saturated carbocycles. The Kier molecular flexibility index (Phi) is 7.55. The summed E-state index contributed by atoms with van der Waals surface area (Å²) in [5.41, 5.74) is 5.23. The number of thiazole rings is 1. The van der Waals surface area contributed by atoms with E-state index in [4.69, 9.17) is 4.98 Å². The normalized spacial score (nSPS) is 12.2. The minimum Gasteiger partial charge on any atom is -0.301 e. The number of rotatable bonds is 9. The minimum atomic E-state index is -0.282. The fourth-order valence-electron chi connectivity index (χ4n) is 3.82. The van der Waals surface area contributed by atoms with E-state index in [1.54, 1.807) is 23.1 Å². The highest BCUT2D eigenvalue weighted by Gasteiger charge is 2.22. The first-order chi connectivity index (χ1) is 17.5. The molecule has 5 rings (SSSR count). The zero-order chi connectivity index (χ0) is 25.1. The van der Waals surface area contributed by atoms with Crippen LogP contribution in [0.2, 0.25) is 0 Å². The van der Waals surface area contributed by atoms with Gasteiger partial charge in [0.25, 0.3) is 0 Å². The zero-order valence-electron chi connectivity index (χ0n) is 20.3. The number of benzene rings is 3. The largest absolute Gasteiger partial charge is 0.301 e. The van der Waals surface area contributed by atoms with Crippen molar-refractivity contribution in [1.82, 2.24) is 19.7 Å². The molecule has 0 aliphatic heterocycles. The van der Waals surface area contributed by atoms with Crippen molar-refractivity contribution >= 4 is 50.9 Å². The number of Topliss-reactive ketones (excluding diaryl/α,β-unsaturated/α-hetero) is 1. The highest BCUT2D eigenvalue weighted by molar-refractivity contribution is 8.00. The van der Waals surface area contributed by atoms with Crippen LogP contribution in [0.1, 0.15) is 39.8 Å². The van der Waals surface area contributed by atoms with Crippen LogP contribution in [-0.4, -0.2) is 30.8 Å². The molecular weight excluding hydrogens is 505 g/mol. The highest BCUT2D eigenvalue weighted by Crippen LogP contribution is 2.33. The van der Waals surface area contributed by atoms with Crippen LogP contribution >= 0.6 is 34.9 Å². The number of para-hydroxylation sites is 1. The van der Waals surface area contributed by atoms with Crippen LogP contribution in [0, 0.1) is 13.8 Å². The van der Waals surface area contributed by atoms with E-state index in [1.807, 2.05) is 68.4 Å². The topological polar surface area (TPSA) is 60.7 Å². The van der Waals surface area contributed by atoms with Gasteiger partial charge in [0.05, 0.1) is 27.8 Å². The molecule has 3 aromatic carbocycles. The molecule has 2 aromatic heterocycles. The standard InChI is InChI=1S/C28H26N4OS3/c1-18-13-14-22(15-19(18)2)26(33)20(3)35-27-31-30-25(32(27)16-21-9-5-4-6-10-21)17-34-28-29-23-11-7-8-12-24(23)36-28/h4-15,20H,16-17H2,1-3H3. The van der Waals surface area contributed by atoms with Gasteiger partial charge in [0.2, 0.25) is 0 Å². The molecule has 0 spiro atoms. The van der Waals surface area contributed by atoms with E-state index < -0.39 is 0 Å². The van der Waals surface area contributed by atoms with Crippen molar-refractivity contribution in [2.24, 2.45) is 0 Å². The number of fused-ring (bicyclic) bond motifs is 1. The highest BCUT2D eigenvalue weighted by atomic mass is 32.2. The Hall–Kier alpha value is -2.94. The van der Waals surface area contributed by atoms with Crippen molar-refractivity contribution in [1.29, 1.82) is 0 Å². The van der Waals surface area contributed by atoms with Crippen molar-refractivity contribution < 1.29 is 4.79 Å². The maximum atomic E-state index is 13.2. The molecule has 2 heterocycles. The second kappa shape index (κ2) is 11.0. The number of aryl methyl sites for hydroxylation is 2. The first-order valence-corrected chi connectivity index (χ1v) is 14.4. The van der Waals surface area contributed by atoms with E-state index in [0.29, 0.717) is 12.3 Å². The van der Waals surface area contributed by atoms with Gasteiger partial charge in [0, 0.05) is 5.56 Å². The third-order valence-corrected chi connectivity index (χ3v) is 9.27. The fourth-order valence-corrected chi connectivity index (χ4v) is 6.77. The molecule has 0 amide bonds. The van der Waals surface area contributed by atoms with E-state index in [2.05, 4.69) is 39.9 Å². The Balaban J connectivity index is 1.38. The molecule has 0 saturated heterocycles. The van der Waals surface area contributed by atoms with Crippen LogP contribution in [0.5, 0.6) is 0 Å². The van der Waals surface area contributed by atoms with Gasteiger partial charge in [-0.2, -0.15) is 0 Å². The smallest absolute Gasteiger partial charge is 0.192 e. The van der Waals surface area contributed by atoms with Crippen LogP contribution in [0.4, 0.5) is 0 Å². The number of carbonyl (C=O) groups excluding carboxylic acids is 1. The summed E-state index contributed by atoms with van der Waals surface area (Å²) in [5, 5.41) is 9.51. The summed E-state index contributed by atoms with van der Waals surface area (Å²) in [6.45, 7) is 6.69. The molecule has 1 unspecified atom stereocenters. The Bertz CT molecular complexity index is 1480. The molecule has 0 fully saturated rings. The molecule has 0 bridgehead atoms. The first kappa shape index (κ1) is 24.7. The number of aromatic nitrogens is 4. The van der Waals surface area contributed by atoms with Crippen molar-refractivity contribution in [2.75, 3.05) is 0 Å². The van der Waals surface area contributed by atoms with Gasteiger partial charge >= 0.3 is 0 Å². The summed E-state index contributed by atoms with van der Waals surface area (Å²) in [7, 11) is 0. The number of thioether (sulfide) groups is 2. The lowest BCUT2D eigenvalue weighted by atomic mass is 10.0. The van der Waals surface area contributed by atoms with Crippen LogP contribution in [0.15, 0.2) is 82.3 Å². The third kappa shape index (κ3) is 5.56. The summed E-state index contributed by atoms with van der Waals surface area (Å²) in [6.07, 6.45) is 0. The Morgan fingerprint density at radius 1 is 0.972 bits per heavy atom. The molecular formula is C28H26N4OS3. The summed E-state index contributed by atoms with van der Waals surface area (Å²) < 4.78 is 4.32. The van der Waals surface area contributed by atoms with E-state index in [9.17, 15) is 4.79 Å². The number of carbonyl (C=O) groups is 1. The van der Waals surface area contributed by atoms with Crippen molar-refractivity contribution in [3.63, 3.8) is 0 Å². The Morgan fingerprint density at radius 2 is 1.75 bits per heavy atom. The van der Waals surface area contributed by atoms with Gasteiger partial charge in [-0.25, -0.2) is 4.98 Å². The minimum absolute atomic E-state index is 0.0998. The van der Waals surface area contributed by atoms with Crippen LogP contribution in [-0.2, 0) is 12.3 Å². The number of ketones is 1. The number of nitrogens with zero attached hydrogens (tertiary/aromatic N) is 4. The van der Waals surface area contributed by atoms with Gasteiger partial charge in [-0.05, 0) is 55.7 Å². The maximum absolute atomic E-state index is 13.2. The molecule has 8 heteroatoms. The molecule has 0 aliphatic carbocycles. The third-order valence-electron chi connectivity index (χ3n) is 6.02. The van der Waals surface area contributed by atoms with Crippen LogP contribution in [0.3, 0.4) is 0 Å². The average molecular weight is 531 g/mol. The second-order valence-electron chi connectivity index (χ2n) is 8.63. The molecule has 1 atom stereocenters. The molecule has 5 aromatic rings. The fraction of sp³-hybridized carbons (Fsp3) is 0.214. The summed E-state index contributed by atoms with van der Waals surface area (Å²) in [4.78, 5) is 17.9. The van der Waals surface area contributed by atoms with Gasteiger partial charge in [-0.1, -0.05) is 78.1 Å². The average Bonchev–Trinajstić information content (AvgIpc) is 3.48. The van der Waals surface area contributed by atoms with E-state index in [-0.39, 0.29) is 11.0 Å². The quantitative estimate of drug-likeness (QED) is 0.148. The van der Waals surface area contributed by atoms with E-state index in [0.717, 1.165) is 32.0 Å². The maximum Gasteiger partial charge on any atom is 0.192 e. The van der Waals surface area contributed by atoms with Gasteiger partial charge in [0.1, 0.15) is 5.82 Å². The Morgan fingerprint density at radius 3 is 2.53 bits per heavy atom. The monoisotopic (exact) mass is 530 g/mol. The molecule has 5 nitrogen and oxygen atoms in total. The van der Waals surface area contributed by atoms with Gasteiger partial charge in [0.15, 0.2) is 15.3 Å². The second-order valence-corrected chi connectivity index (χ2v) is 12.2. The van der Waals surface area contributed by atoms with Gasteiger partial charge in [-0.3, -0.25) is 4.79 Å². The van der Waals surface area contributed by atoms with Gasteiger partial charge < -0.3 is 4.57 Å². The van der Waals surface area contributed by atoms with Crippen molar-refractivity contribution in [2.45, 2.75) is 47.8 Å². The summed E-state index contributed by atoms with van der Waals surface area (Å²) in [6, 6.07) is 24.4. The summed E-state index contributed by atoms with van der Waals surface area (Å²) >= 11 is 4.83. The zero-order valence-corrected chi connectivity index (χ0v) is 22.8. The predicted octanol–water partition coefficient (Wildman–Crippen LogP) is 7.21. The van der Waals surface area contributed by atoms with Crippen LogP contribution < -0.4 is 0 Å². The number of hydrogen-bond donors (Lipinski definition) is 0. The van der Waals surface area contributed by atoms with Crippen molar-refractivity contribution in [3.8, 4) is 0 Å². The lowest BCUT2D eigenvalue weighted by Crippen LogP contribution is -2.15. The Labute approximate surface area is 223 Å². The van der Waals surface area contributed by atoms with Crippen LogP contribution in [0.25, 0.3) is 10.2 Å². The molecule has 0 aliphatic rings. The molecule has 0 radical (unpaired) electrons. The lowest BCUT2D eigenvalue weighted by molar-refractivity contribution is 0.0993. The van der Waals surface area contributed by atoms with E-state index in [1.165, 1.54) is 27.6 Å². The molecule has 182 valence electrons. The predicted molar refractivity (Wildman–Crippen MR) is 150 cm³/mol. The van der Waals surface area contributed by atoms with Crippen molar-refractivity contribution in [3.05, 3.63) is 101 Å². The van der Waals surface area contributed by atoms with Gasteiger partial charge in [-0.15, -0.1) is 21.5 Å². The molecule has 0 N–H and O–H groups in total. The summed E-state index contributed by atoms with van der Waals surface area (Å²) in [5.74, 6) is 1.62. The lowest BCUT2D eigenvalue weighted by Gasteiger charge is -2.14. The first-order valence-electron chi connectivity index (χ1n) is 11.7. The SMILES string of the molecule is Cc1ccc(C(=O)C(C)Sc2nnc(CSc3nc4ccccc4s3)n2Cc2ccccc2)cc1C. The van der Waals surface area contributed by atoms with E-state index >= 15 is 0 Å².